The van der Waals surface area contributed by atoms with E-state index < -0.39 is 5.82 Å². The van der Waals surface area contributed by atoms with Gasteiger partial charge in [0.1, 0.15) is 0 Å². The molecule has 1 N–H and O–H groups in total. The SMILES string of the molecule is COc1c(F)cccc1NCc1noc(C2CCC2)n1. The molecule has 1 aliphatic rings. The van der Waals surface area contributed by atoms with E-state index >= 15 is 0 Å². The monoisotopic (exact) mass is 277 g/mol. The van der Waals surface area contributed by atoms with Gasteiger partial charge in [0.25, 0.3) is 0 Å². The predicted molar refractivity (Wildman–Crippen MR) is 71.2 cm³/mol. The van der Waals surface area contributed by atoms with Crippen LogP contribution in [0.5, 0.6) is 5.75 Å². The van der Waals surface area contributed by atoms with E-state index in [1.54, 1.807) is 12.1 Å². The predicted octanol–water partition coefficient (Wildman–Crippen LogP) is 3.10. The van der Waals surface area contributed by atoms with Crippen molar-refractivity contribution in [1.29, 1.82) is 0 Å². The molecule has 5 nitrogen and oxygen atoms in total. The summed E-state index contributed by atoms with van der Waals surface area (Å²) in [5, 5.41) is 6.99. The highest BCUT2D eigenvalue weighted by Gasteiger charge is 2.25. The topological polar surface area (TPSA) is 60.2 Å². The van der Waals surface area contributed by atoms with Crippen molar-refractivity contribution in [1.82, 2.24) is 10.1 Å². The number of methoxy groups -OCH3 is 1. The van der Waals surface area contributed by atoms with Crippen LogP contribution in [0.3, 0.4) is 0 Å². The Bertz CT molecular complexity index is 596. The fourth-order valence-corrected chi connectivity index (χ4v) is 2.19. The maximum atomic E-state index is 13.5. The van der Waals surface area contributed by atoms with Gasteiger partial charge in [-0.25, -0.2) is 4.39 Å². The third kappa shape index (κ3) is 2.45. The third-order valence-corrected chi connectivity index (χ3v) is 3.55. The van der Waals surface area contributed by atoms with E-state index in [0.29, 0.717) is 29.9 Å². The van der Waals surface area contributed by atoms with E-state index in [9.17, 15) is 4.39 Å². The van der Waals surface area contributed by atoms with E-state index in [-0.39, 0.29) is 5.75 Å². The summed E-state index contributed by atoms with van der Waals surface area (Å²) in [4.78, 5) is 4.35. The molecule has 2 aromatic rings. The van der Waals surface area contributed by atoms with Crippen LogP contribution in [0.15, 0.2) is 22.7 Å². The number of hydrogen-bond donors (Lipinski definition) is 1. The van der Waals surface area contributed by atoms with Crippen molar-refractivity contribution < 1.29 is 13.7 Å². The first-order valence-corrected chi connectivity index (χ1v) is 6.67. The summed E-state index contributed by atoms with van der Waals surface area (Å²) in [5.74, 6) is 1.48. The Morgan fingerprint density at radius 3 is 3.00 bits per heavy atom. The van der Waals surface area contributed by atoms with Crippen LogP contribution in [-0.2, 0) is 6.54 Å². The van der Waals surface area contributed by atoms with E-state index in [1.165, 1.54) is 19.6 Å². The molecule has 0 atom stereocenters. The molecule has 1 aromatic heterocycles. The first-order chi connectivity index (χ1) is 9.78. The molecule has 0 bridgehead atoms. The van der Waals surface area contributed by atoms with Crippen LogP contribution in [-0.4, -0.2) is 17.3 Å². The number of para-hydroxylation sites is 1. The van der Waals surface area contributed by atoms with Crippen LogP contribution < -0.4 is 10.1 Å². The molecule has 0 amide bonds. The molecule has 1 fully saturated rings. The zero-order chi connectivity index (χ0) is 13.9. The summed E-state index contributed by atoms with van der Waals surface area (Å²) >= 11 is 0. The lowest BCUT2D eigenvalue weighted by atomic mass is 9.85. The summed E-state index contributed by atoms with van der Waals surface area (Å²) in [6.45, 7) is 0.371. The standard InChI is InChI=1S/C14H16FN3O2/c1-19-13-10(15)6-3-7-11(13)16-8-12-17-14(20-18-12)9-4-2-5-9/h3,6-7,9,16H,2,4-5,8H2,1H3. The molecule has 106 valence electrons. The number of nitrogens with zero attached hydrogens (tertiary/aromatic N) is 2. The van der Waals surface area contributed by atoms with Crippen molar-refractivity contribution in [3.05, 3.63) is 35.7 Å². The Morgan fingerprint density at radius 1 is 1.45 bits per heavy atom. The average molecular weight is 277 g/mol. The largest absolute Gasteiger partial charge is 0.492 e. The van der Waals surface area contributed by atoms with Crippen LogP contribution in [0.2, 0.25) is 0 Å². The number of halogens is 1. The van der Waals surface area contributed by atoms with Gasteiger partial charge in [0.2, 0.25) is 5.89 Å². The first kappa shape index (κ1) is 12.9. The lowest BCUT2D eigenvalue weighted by Gasteiger charge is -2.20. The number of nitrogens with one attached hydrogen (secondary N) is 1. The Kier molecular flexibility index (Phi) is 3.54. The highest BCUT2D eigenvalue weighted by Crippen LogP contribution is 2.35. The number of aromatic nitrogens is 2. The first-order valence-electron chi connectivity index (χ1n) is 6.67. The molecule has 6 heteroatoms. The highest BCUT2D eigenvalue weighted by atomic mass is 19.1. The summed E-state index contributed by atoms with van der Waals surface area (Å²) in [6, 6.07) is 4.72. The maximum absolute atomic E-state index is 13.5. The van der Waals surface area contributed by atoms with Crippen LogP contribution in [0.25, 0.3) is 0 Å². The lowest BCUT2D eigenvalue weighted by Crippen LogP contribution is -2.09. The normalized spacial score (nSPS) is 14.9. The summed E-state index contributed by atoms with van der Waals surface area (Å²) in [6.07, 6.45) is 3.46. The van der Waals surface area contributed by atoms with E-state index in [0.717, 1.165) is 12.8 Å². The van der Waals surface area contributed by atoms with E-state index in [2.05, 4.69) is 15.5 Å². The number of anilines is 1. The molecule has 1 aromatic carbocycles. The lowest BCUT2D eigenvalue weighted by molar-refractivity contribution is 0.291. The van der Waals surface area contributed by atoms with Crippen molar-refractivity contribution in [3.63, 3.8) is 0 Å². The van der Waals surface area contributed by atoms with Crippen molar-refractivity contribution >= 4 is 5.69 Å². The average Bonchev–Trinajstić information content (AvgIpc) is 2.83. The minimum Gasteiger partial charge on any atom is -0.492 e. The number of rotatable bonds is 5. The fraction of sp³-hybridized carbons (Fsp3) is 0.429. The van der Waals surface area contributed by atoms with Crippen LogP contribution in [0, 0.1) is 5.82 Å². The second kappa shape index (κ2) is 5.48. The molecule has 0 unspecified atom stereocenters. The van der Waals surface area contributed by atoms with Gasteiger partial charge >= 0.3 is 0 Å². The Labute approximate surface area is 116 Å². The van der Waals surface area contributed by atoms with Crippen LogP contribution in [0.4, 0.5) is 10.1 Å². The number of ether oxygens (including phenoxy) is 1. The van der Waals surface area contributed by atoms with E-state index in [1.807, 2.05) is 0 Å². The molecule has 1 saturated carbocycles. The zero-order valence-corrected chi connectivity index (χ0v) is 11.2. The van der Waals surface area contributed by atoms with E-state index in [4.69, 9.17) is 9.26 Å². The molecule has 0 saturated heterocycles. The zero-order valence-electron chi connectivity index (χ0n) is 11.2. The Hall–Kier alpha value is -2.11. The summed E-state index contributed by atoms with van der Waals surface area (Å²) < 4.78 is 23.8. The fourth-order valence-electron chi connectivity index (χ4n) is 2.19. The summed E-state index contributed by atoms with van der Waals surface area (Å²) in [7, 11) is 1.44. The van der Waals surface area contributed by atoms with Crippen LogP contribution in [0.1, 0.15) is 36.9 Å². The van der Waals surface area contributed by atoms with Gasteiger partial charge in [-0.05, 0) is 25.0 Å². The van der Waals surface area contributed by atoms with Gasteiger partial charge in [-0.15, -0.1) is 0 Å². The molecular weight excluding hydrogens is 261 g/mol. The molecule has 3 rings (SSSR count). The van der Waals surface area contributed by atoms with Crippen molar-refractivity contribution in [2.24, 2.45) is 0 Å². The maximum Gasteiger partial charge on any atom is 0.229 e. The second-order valence-corrected chi connectivity index (χ2v) is 4.85. The second-order valence-electron chi connectivity index (χ2n) is 4.85. The van der Waals surface area contributed by atoms with Crippen molar-refractivity contribution in [2.45, 2.75) is 31.7 Å². The van der Waals surface area contributed by atoms with Gasteiger partial charge < -0.3 is 14.6 Å². The van der Waals surface area contributed by atoms with Gasteiger partial charge in [0.15, 0.2) is 17.4 Å². The van der Waals surface area contributed by atoms with Gasteiger partial charge in [0.05, 0.1) is 19.3 Å². The Balaban J connectivity index is 1.67. The summed E-state index contributed by atoms with van der Waals surface area (Å²) in [5.41, 5.74) is 0.572. The molecule has 0 spiro atoms. The Morgan fingerprint density at radius 2 is 2.30 bits per heavy atom. The molecular formula is C14H16FN3O2. The molecule has 0 radical (unpaired) electrons. The highest BCUT2D eigenvalue weighted by molar-refractivity contribution is 5.56. The van der Waals surface area contributed by atoms with Gasteiger partial charge in [0, 0.05) is 5.92 Å². The van der Waals surface area contributed by atoms with Gasteiger partial charge in [-0.2, -0.15) is 4.98 Å². The minimum atomic E-state index is -0.402. The molecule has 0 aliphatic heterocycles. The number of benzene rings is 1. The molecule has 1 heterocycles. The van der Waals surface area contributed by atoms with Crippen LogP contribution >= 0.6 is 0 Å². The molecule has 20 heavy (non-hydrogen) atoms. The smallest absolute Gasteiger partial charge is 0.229 e. The van der Waals surface area contributed by atoms with Gasteiger partial charge in [-0.3, -0.25) is 0 Å². The van der Waals surface area contributed by atoms with Crippen molar-refractivity contribution in [2.75, 3.05) is 12.4 Å². The quantitative estimate of drug-likeness (QED) is 0.910. The minimum absolute atomic E-state index is 0.190. The van der Waals surface area contributed by atoms with Gasteiger partial charge in [-0.1, -0.05) is 17.6 Å². The number of hydrogen-bond acceptors (Lipinski definition) is 5. The molecule has 1 aliphatic carbocycles. The van der Waals surface area contributed by atoms with Crippen molar-refractivity contribution in [3.8, 4) is 5.75 Å². The third-order valence-electron chi connectivity index (χ3n) is 3.55.